The van der Waals surface area contributed by atoms with Gasteiger partial charge in [-0.25, -0.2) is 5.43 Å². The monoisotopic (exact) mass is 322 g/mol. The Morgan fingerprint density at radius 2 is 2.00 bits per heavy atom. The van der Waals surface area contributed by atoms with Gasteiger partial charge >= 0.3 is 0 Å². The number of hydrogen-bond acceptors (Lipinski definition) is 3. The second-order valence-electron chi connectivity index (χ2n) is 4.37. The number of aromatic hydroxyl groups is 1. The van der Waals surface area contributed by atoms with Crippen molar-refractivity contribution in [1.29, 1.82) is 0 Å². The van der Waals surface area contributed by atoms with Gasteiger partial charge in [0.1, 0.15) is 5.75 Å². The Labute approximate surface area is 132 Å². The number of carbonyl (C=O) groups excluding carboxylic acids is 1. The first kappa shape index (κ1) is 15.4. The van der Waals surface area contributed by atoms with Crippen LogP contribution in [-0.4, -0.2) is 17.2 Å². The summed E-state index contributed by atoms with van der Waals surface area (Å²) in [6.45, 7) is 1.85. The van der Waals surface area contributed by atoms with E-state index in [1.165, 1.54) is 18.3 Å². The Balaban J connectivity index is 2.08. The van der Waals surface area contributed by atoms with E-state index >= 15 is 0 Å². The van der Waals surface area contributed by atoms with Crippen molar-refractivity contribution in [2.45, 2.75) is 6.92 Å². The van der Waals surface area contributed by atoms with Gasteiger partial charge in [-0.3, -0.25) is 4.79 Å². The summed E-state index contributed by atoms with van der Waals surface area (Å²) in [6, 6.07) is 9.52. The molecule has 0 aliphatic heterocycles. The van der Waals surface area contributed by atoms with Gasteiger partial charge in [0.15, 0.2) is 0 Å². The summed E-state index contributed by atoms with van der Waals surface area (Å²) in [5.41, 5.74) is 4.06. The molecule has 0 aliphatic carbocycles. The van der Waals surface area contributed by atoms with E-state index in [1.54, 1.807) is 24.3 Å². The molecule has 0 bridgehead atoms. The fraction of sp³-hybridized carbons (Fsp3) is 0.0667. The Bertz CT molecular complexity index is 715. The summed E-state index contributed by atoms with van der Waals surface area (Å²) in [7, 11) is 0. The topological polar surface area (TPSA) is 61.7 Å². The number of rotatable bonds is 3. The highest BCUT2D eigenvalue weighted by molar-refractivity contribution is 6.31. The number of phenolic OH excluding ortho intramolecular Hbond substituents is 1. The maximum absolute atomic E-state index is 11.9. The van der Waals surface area contributed by atoms with Crippen LogP contribution >= 0.6 is 23.2 Å². The van der Waals surface area contributed by atoms with Gasteiger partial charge in [0.25, 0.3) is 5.91 Å². The minimum absolute atomic E-state index is 0.0239. The molecule has 0 saturated carbocycles. The molecule has 108 valence electrons. The van der Waals surface area contributed by atoms with Gasteiger partial charge in [0.2, 0.25) is 0 Å². The number of carbonyl (C=O) groups is 1. The van der Waals surface area contributed by atoms with E-state index in [1.807, 2.05) is 6.92 Å². The van der Waals surface area contributed by atoms with Crippen LogP contribution in [0.2, 0.25) is 10.0 Å². The minimum Gasteiger partial charge on any atom is -0.507 e. The number of nitrogens with zero attached hydrogens (tertiary/aromatic N) is 1. The molecule has 6 heteroatoms. The van der Waals surface area contributed by atoms with Crippen LogP contribution in [0.3, 0.4) is 0 Å². The number of nitrogens with one attached hydrogen (secondary N) is 1. The Morgan fingerprint density at radius 1 is 1.24 bits per heavy atom. The Hall–Kier alpha value is -2.04. The Morgan fingerprint density at radius 3 is 2.71 bits per heavy atom. The third-order valence-electron chi connectivity index (χ3n) is 2.79. The molecule has 2 N–H and O–H groups in total. The quantitative estimate of drug-likeness (QED) is 0.667. The van der Waals surface area contributed by atoms with Crippen LogP contribution in [0, 0.1) is 6.92 Å². The molecular formula is C15H12Cl2N2O2. The fourth-order valence-corrected chi connectivity index (χ4v) is 1.95. The lowest BCUT2D eigenvalue weighted by Crippen LogP contribution is -2.17. The molecule has 0 unspecified atom stereocenters. The molecular weight excluding hydrogens is 311 g/mol. The van der Waals surface area contributed by atoms with Crippen LogP contribution in [-0.2, 0) is 0 Å². The molecule has 0 spiro atoms. The van der Waals surface area contributed by atoms with E-state index in [2.05, 4.69) is 10.5 Å². The molecule has 1 amide bonds. The van der Waals surface area contributed by atoms with Crippen molar-refractivity contribution in [3.8, 4) is 5.75 Å². The molecule has 0 aliphatic rings. The van der Waals surface area contributed by atoms with E-state index in [9.17, 15) is 9.90 Å². The van der Waals surface area contributed by atoms with Crippen LogP contribution in [0.15, 0.2) is 41.5 Å². The van der Waals surface area contributed by atoms with E-state index in [-0.39, 0.29) is 5.75 Å². The van der Waals surface area contributed by atoms with Crippen LogP contribution in [0.25, 0.3) is 0 Å². The molecule has 2 aromatic rings. The molecule has 2 rings (SSSR count). The summed E-state index contributed by atoms with van der Waals surface area (Å²) in [6.07, 6.45) is 1.31. The predicted octanol–water partition coefficient (Wildman–Crippen LogP) is 3.77. The van der Waals surface area contributed by atoms with Gasteiger partial charge in [-0.05, 0) is 42.8 Å². The zero-order valence-corrected chi connectivity index (χ0v) is 12.6. The van der Waals surface area contributed by atoms with Crippen molar-refractivity contribution in [3.63, 3.8) is 0 Å². The summed E-state index contributed by atoms with van der Waals surface area (Å²) in [5, 5.41) is 14.4. The van der Waals surface area contributed by atoms with Crippen LogP contribution in [0.4, 0.5) is 0 Å². The predicted molar refractivity (Wildman–Crippen MR) is 84.4 cm³/mol. The first-order valence-corrected chi connectivity index (χ1v) is 6.81. The lowest BCUT2D eigenvalue weighted by molar-refractivity contribution is 0.0955. The average molecular weight is 323 g/mol. The van der Waals surface area contributed by atoms with E-state index in [0.29, 0.717) is 21.2 Å². The highest BCUT2D eigenvalue weighted by Crippen LogP contribution is 2.19. The summed E-state index contributed by atoms with van der Waals surface area (Å²) < 4.78 is 0. The smallest absolute Gasteiger partial charge is 0.271 e. The first-order valence-electron chi connectivity index (χ1n) is 6.05. The standard InChI is InChI=1S/C15H12Cl2N2O2/c1-9-2-3-10(7-13(9)17)15(21)19-18-8-11-6-12(16)4-5-14(11)20/h2-8,20H,1H3,(H,19,21)/b18-8-. The number of amides is 1. The number of phenols is 1. The zero-order valence-electron chi connectivity index (χ0n) is 11.1. The number of aryl methyl sites for hydroxylation is 1. The van der Waals surface area contributed by atoms with Gasteiger partial charge in [-0.15, -0.1) is 0 Å². The van der Waals surface area contributed by atoms with E-state index in [0.717, 1.165) is 5.56 Å². The SMILES string of the molecule is Cc1ccc(C(=O)N/N=C\c2cc(Cl)ccc2O)cc1Cl. The van der Waals surface area contributed by atoms with Crippen molar-refractivity contribution in [3.05, 3.63) is 63.1 Å². The highest BCUT2D eigenvalue weighted by atomic mass is 35.5. The summed E-state index contributed by atoms with van der Waals surface area (Å²) in [5.74, 6) is -0.370. The average Bonchev–Trinajstić information content (AvgIpc) is 2.45. The molecule has 0 saturated heterocycles. The number of halogens is 2. The van der Waals surface area contributed by atoms with Gasteiger partial charge < -0.3 is 5.11 Å². The molecule has 2 aromatic carbocycles. The third-order valence-corrected chi connectivity index (χ3v) is 3.44. The zero-order chi connectivity index (χ0) is 15.4. The molecule has 0 radical (unpaired) electrons. The van der Waals surface area contributed by atoms with Crippen molar-refractivity contribution < 1.29 is 9.90 Å². The maximum Gasteiger partial charge on any atom is 0.271 e. The van der Waals surface area contributed by atoms with Gasteiger partial charge in [-0.1, -0.05) is 29.3 Å². The fourth-order valence-electron chi connectivity index (χ4n) is 1.59. The number of hydrogen-bond donors (Lipinski definition) is 2. The third kappa shape index (κ3) is 3.97. The van der Waals surface area contributed by atoms with Crippen molar-refractivity contribution in [1.82, 2.24) is 5.43 Å². The lowest BCUT2D eigenvalue weighted by atomic mass is 10.1. The molecule has 0 heterocycles. The largest absolute Gasteiger partial charge is 0.507 e. The molecule has 0 fully saturated rings. The molecule has 21 heavy (non-hydrogen) atoms. The molecule has 0 aromatic heterocycles. The lowest BCUT2D eigenvalue weighted by Gasteiger charge is -2.03. The minimum atomic E-state index is -0.394. The number of benzene rings is 2. The van der Waals surface area contributed by atoms with Crippen molar-refractivity contribution in [2.75, 3.05) is 0 Å². The highest BCUT2D eigenvalue weighted by Gasteiger charge is 2.06. The van der Waals surface area contributed by atoms with Gasteiger partial charge in [0, 0.05) is 21.2 Å². The van der Waals surface area contributed by atoms with Crippen LogP contribution < -0.4 is 5.43 Å². The Kier molecular flexibility index (Phi) is 4.83. The molecule has 4 nitrogen and oxygen atoms in total. The number of hydrazone groups is 1. The van der Waals surface area contributed by atoms with Gasteiger partial charge in [-0.2, -0.15) is 5.10 Å². The van der Waals surface area contributed by atoms with E-state index in [4.69, 9.17) is 23.2 Å². The summed E-state index contributed by atoms with van der Waals surface area (Å²) in [4.78, 5) is 11.9. The van der Waals surface area contributed by atoms with Crippen LogP contribution in [0.5, 0.6) is 5.75 Å². The second-order valence-corrected chi connectivity index (χ2v) is 5.21. The van der Waals surface area contributed by atoms with Crippen LogP contribution in [0.1, 0.15) is 21.5 Å². The summed E-state index contributed by atoms with van der Waals surface area (Å²) >= 11 is 11.8. The van der Waals surface area contributed by atoms with Crippen molar-refractivity contribution >= 4 is 35.3 Å². The first-order chi connectivity index (χ1) is 9.97. The maximum atomic E-state index is 11.9. The molecule has 0 atom stereocenters. The second kappa shape index (κ2) is 6.61. The van der Waals surface area contributed by atoms with Crippen molar-refractivity contribution in [2.24, 2.45) is 5.10 Å². The van der Waals surface area contributed by atoms with Gasteiger partial charge in [0.05, 0.1) is 6.21 Å². The van der Waals surface area contributed by atoms with E-state index < -0.39 is 5.91 Å². The normalized spacial score (nSPS) is 10.8.